The minimum Gasteiger partial charge on any atom is -0.486 e. The van der Waals surface area contributed by atoms with E-state index in [0.717, 1.165) is 26.8 Å². The van der Waals surface area contributed by atoms with Crippen LogP contribution in [0.25, 0.3) is 0 Å². The monoisotopic (exact) mass is 384 g/mol. The molecule has 5 heteroatoms. The molecule has 100 valence electrons. The topological polar surface area (TPSA) is 34.1 Å². The molecule has 1 heterocycles. The van der Waals surface area contributed by atoms with Crippen LogP contribution in [0.3, 0.4) is 0 Å². The Morgan fingerprint density at radius 2 is 1.95 bits per heavy atom. The summed E-state index contributed by atoms with van der Waals surface area (Å²) in [7, 11) is 1.93. The van der Waals surface area contributed by atoms with Gasteiger partial charge in [0.1, 0.15) is 12.4 Å². The summed E-state index contributed by atoms with van der Waals surface area (Å²) in [4.78, 5) is 4.07. The molecule has 0 radical (unpaired) electrons. The minimum absolute atomic E-state index is 0.496. The fourth-order valence-electron chi connectivity index (χ4n) is 1.70. The van der Waals surface area contributed by atoms with E-state index in [2.05, 4.69) is 54.3 Å². The fourth-order valence-corrected chi connectivity index (χ4v) is 3.21. The van der Waals surface area contributed by atoms with Gasteiger partial charge >= 0.3 is 0 Å². The Bertz CT molecular complexity index is 523. The van der Waals surface area contributed by atoms with Crippen LogP contribution in [0.1, 0.15) is 11.1 Å². The number of halogens is 2. The van der Waals surface area contributed by atoms with Crippen LogP contribution in [0.4, 0.5) is 0 Å². The van der Waals surface area contributed by atoms with Gasteiger partial charge in [-0.3, -0.25) is 4.98 Å². The first-order valence-corrected chi connectivity index (χ1v) is 7.43. The summed E-state index contributed by atoms with van der Waals surface area (Å²) in [5, 5.41) is 3.12. The quantitative estimate of drug-likeness (QED) is 0.847. The van der Waals surface area contributed by atoms with Crippen LogP contribution in [0.5, 0.6) is 5.75 Å². The van der Waals surface area contributed by atoms with Crippen molar-refractivity contribution < 1.29 is 4.74 Å². The molecule has 0 saturated heterocycles. The van der Waals surface area contributed by atoms with Gasteiger partial charge in [0.05, 0.1) is 8.95 Å². The molecule has 2 aromatic rings. The molecule has 0 atom stereocenters. The van der Waals surface area contributed by atoms with Gasteiger partial charge in [-0.25, -0.2) is 0 Å². The maximum Gasteiger partial charge on any atom is 0.148 e. The first-order chi connectivity index (χ1) is 9.20. The highest BCUT2D eigenvalue weighted by Crippen LogP contribution is 2.35. The molecule has 0 saturated carbocycles. The first kappa shape index (κ1) is 14.5. The van der Waals surface area contributed by atoms with E-state index in [0.29, 0.717) is 6.61 Å². The Balaban J connectivity index is 2.12. The Labute approximate surface area is 129 Å². The lowest BCUT2D eigenvalue weighted by atomic mass is 10.2. The second-order valence-electron chi connectivity index (χ2n) is 4.07. The van der Waals surface area contributed by atoms with Crippen molar-refractivity contribution in [2.45, 2.75) is 13.2 Å². The highest BCUT2D eigenvalue weighted by atomic mass is 79.9. The van der Waals surface area contributed by atoms with Gasteiger partial charge in [-0.2, -0.15) is 0 Å². The zero-order valence-electron chi connectivity index (χ0n) is 10.5. The smallest absolute Gasteiger partial charge is 0.148 e. The van der Waals surface area contributed by atoms with Crippen LogP contribution in [-0.2, 0) is 13.2 Å². The minimum atomic E-state index is 0.496. The molecular weight excluding hydrogens is 372 g/mol. The normalized spacial score (nSPS) is 10.5. The van der Waals surface area contributed by atoms with Crippen LogP contribution in [0, 0.1) is 0 Å². The maximum atomic E-state index is 5.83. The lowest BCUT2D eigenvalue weighted by Gasteiger charge is -2.12. The van der Waals surface area contributed by atoms with Crippen LogP contribution in [0.15, 0.2) is 45.6 Å². The van der Waals surface area contributed by atoms with Crippen LogP contribution in [-0.4, -0.2) is 12.0 Å². The van der Waals surface area contributed by atoms with E-state index in [-0.39, 0.29) is 0 Å². The Morgan fingerprint density at radius 1 is 1.21 bits per heavy atom. The van der Waals surface area contributed by atoms with Crippen molar-refractivity contribution in [3.8, 4) is 5.75 Å². The van der Waals surface area contributed by atoms with Gasteiger partial charge in [0, 0.05) is 24.5 Å². The molecular formula is C14H14Br2N2O. The summed E-state index contributed by atoms with van der Waals surface area (Å²) in [6.45, 7) is 1.32. The molecule has 0 bridgehead atoms. The summed E-state index contributed by atoms with van der Waals surface area (Å²) in [5.74, 6) is 0.809. The molecule has 0 unspecified atom stereocenters. The van der Waals surface area contributed by atoms with E-state index in [4.69, 9.17) is 4.74 Å². The van der Waals surface area contributed by atoms with Crippen molar-refractivity contribution in [2.75, 3.05) is 7.05 Å². The van der Waals surface area contributed by atoms with Gasteiger partial charge < -0.3 is 10.1 Å². The van der Waals surface area contributed by atoms with E-state index in [1.165, 1.54) is 5.56 Å². The number of nitrogens with zero attached hydrogens (tertiary/aromatic N) is 1. The van der Waals surface area contributed by atoms with Crippen LogP contribution >= 0.6 is 31.9 Å². The van der Waals surface area contributed by atoms with Gasteiger partial charge in [0.25, 0.3) is 0 Å². The number of aromatic nitrogens is 1. The van der Waals surface area contributed by atoms with Gasteiger partial charge in [-0.15, -0.1) is 0 Å². The zero-order valence-corrected chi connectivity index (χ0v) is 13.7. The van der Waals surface area contributed by atoms with Crippen LogP contribution in [0.2, 0.25) is 0 Å². The van der Waals surface area contributed by atoms with Crippen molar-refractivity contribution in [2.24, 2.45) is 0 Å². The molecule has 2 rings (SSSR count). The van der Waals surface area contributed by atoms with Gasteiger partial charge in [0.15, 0.2) is 0 Å². The summed E-state index contributed by atoms with van der Waals surface area (Å²) in [6, 6.07) is 8.00. The molecule has 19 heavy (non-hydrogen) atoms. The average Bonchev–Trinajstić information content (AvgIpc) is 2.39. The standard InChI is InChI=1S/C14H14Br2N2O/c1-17-7-11-5-12(15)14(13(16)6-11)19-9-10-3-2-4-18-8-10/h2-6,8,17H,7,9H2,1H3. The van der Waals surface area contributed by atoms with Crippen molar-refractivity contribution in [3.05, 3.63) is 56.7 Å². The number of rotatable bonds is 5. The van der Waals surface area contributed by atoms with Gasteiger partial charge in [-0.1, -0.05) is 6.07 Å². The Morgan fingerprint density at radius 3 is 2.53 bits per heavy atom. The highest BCUT2D eigenvalue weighted by molar-refractivity contribution is 9.11. The number of benzene rings is 1. The maximum absolute atomic E-state index is 5.83. The van der Waals surface area contributed by atoms with Gasteiger partial charge in [-0.05, 0) is 62.7 Å². The molecule has 0 aliphatic carbocycles. The summed E-state index contributed by atoms with van der Waals surface area (Å²) < 4.78 is 7.71. The summed E-state index contributed by atoms with van der Waals surface area (Å²) >= 11 is 7.09. The number of hydrogen-bond acceptors (Lipinski definition) is 3. The van der Waals surface area contributed by atoms with E-state index in [1.54, 1.807) is 12.4 Å². The molecule has 0 aliphatic heterocycles. The lowest BCUT2D eigenvalue weighted by Crippen LogP contribution is -2.05. The third kappa shape index (κ3) is 4.03. The predicted octanol–water partition coefficient (Wildman–Crippen LogP) is 3.91. The molecule has 1 N–H and O–H groups in total. The molecule has 0 fully saturated rings. The first-order valence-electron chi connectivity index (χ1n) is 5.85. The number of pyridine rings is 1. The van der Waals surface area contributed by atoms with E-state index in [1.807, 2.05) is 19.2 Å². The van der Waals surface area contributed by atoms with Crippen molar-refractivity contribution >= 4 is 31.9 Å². The number of nitrogens with one attached hydrogen (secondary N) is 1. The molecule has 0 amide bonds. The van der Waals surface area contributed by atoms with E-state index < -0.39 is 0 Å². The van der Waals surface area contributed by atoms with Crippen molar-refractivity contribution in [1.29, 1.82) is 0 Å². The second kappa shape index (κ2) is 7.03. The van der Waals surface area contributed by atoms with Crippen molar-refractivity contribution in [1.82, 2.24) is 10.3 Å². The Hall–Kier alpha value is -0.910. The summed E-state index contributed by atoms with van der Waals surface area (Å²) in [5.41, 5.74) is 2.23. The third-order valence-corrected chi connectivity index (χ3v) is 3.72. The number of hydrogen-bond donors (Lipinski definition) is 1. The predicted molar refractivity (Wildman–Crippen MR) is 83.2 cm³/mol. The van der Waals surface area contributed by atoms with Gasteiger partial charge in [0.2, 0.25) is 0 Å². The zero-order chi connectivity index (χ0) is 13.7. The molecule has 0 aliphatic rings. The Kier molecular flexibility index (Phi) is 5.36. The van der Waals surface area contributed by atoms with E-state index in [9.17, 15) is 0 Å². The SMILES string of the molecule is CNCc1cc(Br)c(OCc2cccnc2)c(Br)c1. The highest BCUT2D eigenvalue weighted by Gasteiger charge is 2.09. The lowest BCUT2D eigenvalue weighted by molar-refractivity contribution is 0.301. The van der Waals surface area contributed by atoms with E-state index >= 15 is 0 Å². The van der Waals surface area contributed by atoms with Crippen LogP contribution < -0.4 is 10.1 Å². The number of ether oxygens (including phenoxy) is 1. The molecule has 3 nitrogen and oxygen atoms in total. The largest absolute Gasteiger partial charge is 0.486 e. The fraction of sp³-hybridized carbons (Fsp3) is 0.214. The second-order valence-corrected chi connectivity index (χ2v) is 5.78. The average molecular weight is 386 g/mol. The molecule has 1 aromatic carbocycles. The van der Waals surface area contributed by atoms with Crippen molar-refractivity contribution in [3.63, 3.8) is 0 Å². The summed E-state index contributed by atoms with van der Waals surface area (Å²) in [6.07, 6.45) is 3.55. The molecule has 0 spiro atoms. The molecule has 1 aromatic heterocycles. The third-order valence-electron chi connectivity index (χ3n) is 2.54.